The molecule has 0 aliphatic carbocycles. The van der Waals surface area contributed by atoms with Gasteiger partial charge in [0, 0.05) is 13.2 Å². The molecule has 0 aromatic heterocycles. The standard InChI is InChI=1S/C4H11O8P3/c1-3-9-13(5)11-15(7,8)12-14(6)10-4-2/h3-4H2,1-2H3,(H,7,8)/q-2. The van der Waals surface area contributed by atoms with E-state index in [1.165, 1.54) is 13.8 Å². The Morgan fingerprint density at radius 1 is 1.13 bits per heavy atom. The molecule has 15 heavy (non-hydrogen) atoms. The molecule has 8 nitrogen and oxygen atoms in total. The zero-order valence-corrected chi connectivity index (χ0v) is 10.7. The number of phosphoric acid groups is 1. The topological polar surface area (TPSA) is 120 Å². The van der Waals surface area contributed by atoms with Gasteiger partial charge in [0.1, 0.15) is 0 Å². The van der Waals surface area contributed by atoms with Crippen molar-refractivity contribution >= 4 is 25.0 Å². The van der Waals surface area contributed by atoms with Crippen molar-refractivity contribution < 1.29 is 36.9 Å². The molecule has 0 radical (unpaired) electrons. The smallest absolute Gasteiger partial charge is 0.480 e. The van der Waals surface area contributed by atoms with Gasteiger partial charge in [-0.05, 0) is 13.8 Å². The summed E-state index contributed by atoms with van der Waals surface area (Å²) >= 11 is 0. The SMILES string of the molecule is CCOP([O-])OP(=O)(O)OP([O-])OCC. The highest BCUT2D eigenvalue weighted by Crippen LogP contribution is 2.60. The molecule has 0 aromatic rings. The molecule has 2 atom stereocenters. The molecule has 0 rings (SSSR count). The van der Waals surface area contributed by atoms with Gasteiger partial charge in [-0.25, -0.2) is 4.57 Å². The average molecular weight is 280 g/mol. The van der Waals surface area contributed by atoms with Gasteiger partial charge in [0.15, 0.2) is 0 Å². The number of hydrogen-bond donors (Lipinski definition) is 1. The summed E-state index contributed by atoms with van der Waals surface area (Å²) < 4.78 is 27.7. The minimum absolute atomic E-state index is 0.0345. The van der Waals surface area contributed by atoms with Crippen LogP contribution in [0.2, 0.25) is 0 Å². The second-order valence-corrected chi connectivity index (χ2v) is 5.57. The van der Waals surface area contributed by atoms with Crippen LogP contribution in [0, 0.1) is 0 Å². The Hall–Kier alpha value is 0.810. The predicted octanol–water partition coefficient (Wildman–Crippen LogP) is 0.367. The summed E-state index contributed by atoms with van der Waals surface area (Å²) in [5, 5.41) is 0. The normalized spacial score (nSPS) is 19.5. The lowest BCUT2D eigenvalue weighted by Crippen LogP contribution is -2.05. The van der Waals surface area contributed by atoms with Gasteiger partial charge < -0.3 is 23.7 Å². The molecule has 0 saturated carbocycles. The van der Waals surface area contributed by atoms with E-state index in [-0.39, 0.29) is 13.2 Å². The monoisotopic (exact) mass is 280 g/mol. The van der Waals surface area contributed by atoms with Crippen molar-refractivity contribution in [3.63, 3.8) is 0 Å². The molecule has 0 fully saturated rings. The lowest BCUT2D eigenvalue weighted by atomic mass is 10.9. The van der Waals surface area contributed by atoms with Crippen molar-refractivity contribution in [2.24, 2.45) is 0 Å². The van der Waals surface area contributed by atoms with Crippen LogP contribution in [0.4, 0.5) is 0 Å². The molecule has 0 heterocycles. The molecule has 0 aliphatic rings. The molecule has 2 unspecified atom stereocenters. The van der Waals surface area contributed by atoms with Crippen molar-refractivity contribution in [3.05, 3.63) is 0 Å². The third kappa shape index (κ3) is 8.60. The van der Waals surface area contributed by atoms with E-state index in [9.17, 15) is 14.4 Å². The molecular formula is C4H11O8P3-2. The Morgan fingerprint density at radius 2 is 1.47 bits per heavy atom. The van der Waals surface area contributed by atoms with Gasteiger partial charge >= 0.3 is 7.82 Å². The second kappa shape index (κ2) is 7.98. The van der Waals surface area contributed by atoms with Gasteiger partial charge in [0.2, 0.25) is 0 Å². The maximum atomic E-state index is 11.0. The van der Waals surface area contributed by atoms with Gasteiger partial charge in [0.05, 0.1) is 17.2 Å². The van der Waals surface area contributed by atoms with Crippen LogP contribution >= 0.6 is 25.0 Å². The molecule has 11 heteroatoms. The molecule has 0 spiro atoms. The highest BCUT2D eigenvalue weighted by Gasteiger charge is 2.24. The van der Waals surface area contributed by atoms with Crippen molar-refractivity contribution in [3.8, 4) is 0 Å². The Morgan fingerprint density at radius 3 is 1.73 bits per heavy atom. The minimum Gasteiger partial charge on any atom is -0.786 e. The zero-order chi connectivity index (χ0) is 11.9. The Labute approximate surface area is 89.7 Å². The van der Waals surface area contributed by atoms with E-state index in [0.717, 1.165) is 0 Å². The number of hydrogen-bond acceptors (Lipinski definition) is 7. The molecule has 0 amide bonds. The van der Waals surface area contributed by atoms with Crippen LogP contribution in [0.3, 0.4) is 0 Å². The first-order chi connectivity index (χ1) is 6.91. The third-order valence-electron chi connectivity index (χ3n) is 0.809. The van der Waals surface area contributed by atoms with Gasteiger partial charge in [-0.2, -0.15) is 0 Å². The first-order valence-electron chi connectivity index (χ1n) is 3.83. The summed E-state index contributed by atoms with van der Waals surface area (Å²) in [7, 11) is -10.2. The van der Waals surface area contributed by atoms with E-state index in [0.29, 0.717) is 0 Å². The molecule has 0 aliphatic heterocycles. The largest absolute Gasteiger partial charge is 0.786 e. The van der Waals surface area contributed by atoms with Crippen molar-refractivity contribution in [1.29, 1.82) is 0 Å². The average Bonchev–Trinajstić information content (AvgIpc) is 2.01. The first-order valence-corrected chi connectivity index (χ1v) is 7.52. The molecule has 0 aromatic carbocycles. The first kappa shape index (κ1) is 15.8. The highest BCUT2D eigenvalue weighted by molar-refractivity contribution is 7.63. The Balaban J connectivity index is 4.00. The molecule has 92 valence electrons. The third-order valence-corrected chi connectivity index (χ3v) is 4.46. The van der Waals surface area contributed by atoms with Crippen molar-refractivity contribution in [2.45, 2.75) is 13.8 Å². The van der Waals surface area contributed by atoms with Gasteiger partial charge in [-0.15, -0.1) is 0 Å². The van der Waals surface area contributed by atoms with Crippen LogP contribution in [0.5, 0.6) is 0 Å². The quantitative estimate of drug-likeness (QED) is 0.633. The molecule has 1 N–H and O–H groups in total. The van der Waals surface area contributed by atoms with Crippen LogP contribution in [0.15, 0.2) is 0 Å². The highest BCUT2D eigenvalue weighted by atomic mass is 31.3. The molecule has 0 saturated heterocycles. The second-order valence-electron chi connectivity index (χ2n) is 1.91. The molecule has 0 bridgehead atoms. The fourth-order valence-electron chi connectivity index (χ4n) is 0.441. The summed E-state index contributed by atoms with van der Waals surface area (Å²) in [4.78, 5) is 30.4. The Kier molecular flexibility index (Phi) is 8.41. The zero-order valence-electron chi connectivity index (χ0n) is 8.06. The van der Waals surface area contributed by atoms with E-state index in [2.05, 4.69) is 17.7 Å². The summed E-state index contributed by atoms with van der Waals surface area (Å²) in [6.07, 6.45) is 0. The van der Waals surface area contributed by atoms with Crippen LogP contribution in [0.25, 0.3) is 0 Å². The van der Waals surface area contributed by atoms with E-state index in [1.807, 2.05) is 0 Å². The van der Waals surface area contributed by atoms with Gasteiger partial charge in [-0.3, -0.25) is 8.62 Å². The van der Waals surface area contributed by atoms with Crippen molar-refractivity contribution in [1.82, 2.24) is 0 Å². The van der Waals surface area contributed by atoms with Crippen LogP contribution in [-0.2, 0) is 22.2 Å². The van der Waals surface area contributed by atoms with E-state index < -0.39 is 25.0 Å². The van der Waals surface area contributed by atoms with E-state index >= 15 is 0 Å². The summed E-state index contributed by atoms with van der Waals surface area (Å²) in [5.41, 5.74) is 0. The number of rotatable bonds is 8. The van der Waals surface area contributed by atoms with Crippen LogP contribution in [-0.4, -0.2) is 18.1 Å². The van der Waals surface area contributed by atoms with E-state index in [1.54, 1.807) is 0 Å². The van der Waals surface area contributed by atoms with E-state index in [4.69, 9.17) is 4.89 Å². The predicted molar refractivity (Wildman–Crippen MR) is 49.1 cm³/mol. The minimum atomic E-state index is -4.68. The Bertz CT molecular complexity index is 194. The van der Waals surface area contributed by atoms with Crippen LogP contribution in [0.1, 0.15) is 13.8 Å². The maximum absolute atomic E-state index is 11.0. The fraction of sp³-hybridized carbons (Fsp3) is 1.00. The van der Waals surface area contributed by atoms with Crippen LogP contribution < -0.4 is 9.79 Å². The lowest BCUT2D eigenvalue weighted by Gasteiger charge is -2.27. The van der Waals surface area contributed by atoms with Crippen molar-refractivity contribution in [2.75, 3.05) is 13.2 Å². The maximum Gasteiger partial charge on any atom is 0.480 e. The van der Waals surface area contributed by atoms with Gasteiger partial charge in [-0.1, -0.05) is 0 Å². The lowest BCUT2D eigenvalue weighted by molar-refractivity contribution is -0.200. The summed E-state index contributed by atoms with van der Waals surface area (Å²) in [6.45, 7) is 3.10. The van der Waals surface area contributed by atoms with Gasteiger partial charge in [0.25, 0.3) is 0 Å². The fourth-order valence-corrected chi connectivity index (χ4v) is 2.98. The molecular weight excluding hydrogens is 269 g/mol. The summed E-state index contributed by atoms with van der Waals surface area (Å²) in [5.74, 6) is 0. The summed E-state index contributed by atoms with van der Waals surface area (Å²) in [6, 6.07) is 0.